The first-order chi connectivity index (χ1) is 8.08. The highest BCUT2D eigenvalue weighted by molar-refractivity contribution is 9.10. The maximum atomic E-state index is 11.7. The van der Waals surface area contributed by atoms with Gasteiger partial charge >= 0.3 is 0 Å². The molecule has 1 fully saturated rings. The van der Waals surface area contributed by atoms with Gasteiger partial charge in [-0.15, -0.1) is 12.4 Å². The fourth-order valence-corrected chi connectivity index (χ4v) is 2.45. The summed E-state index contributed by atoms with van der Waals surface area (Å²) in [4.78, 5) is 13.6. The summed E-state index contributed by atoms with van der Waals surface area (Å²) in [5.41, 5.74) is 5.60. The first kappa shape index (κ1) is 15.5. The number of hydrogen-bond donors (Lipinski definition) is 1. The van der Waals surface area contributed by atoms with Crippen molar-refractivity contribution in [2.75, 3.05) is 13.1 Å². The van der Waals surface area contributed by atoms with Crippen molar-refractivity contribution in [3.8, 4) is 0 Å². The Morgan fingerprint density at radius 1 is 1.56 bits per heavy atom. The van der Waals surface area contributed by atoms with E-state index in [1.807, 2.05) is 15.8 Å². The van der Waals surface area contributed by atoms with Crippen molar-refractivity contribution in [3.63, 3.8) is 0 Å². The molecule has 1 atom stereocenters. The van der Waals surface area contributed by atoms with Gasteiger partial charge in [0.25, 0.3) is 0 Å². The number of rotatable bonds is 2. The molecule has 1 aromatic heterocycles. The highest BCUT2D eigenvalue weighted by Crippen LogP contribution is 2.23. The molecule has 2 heterocycles. The molecular weight excluding hydrogens is 320 g/mol. The molecule has 0 saturated carbocycles. The van der Waals surface area contributed by atoms with Crippen molar-refractivity contribution in [2.24, 2.45) is 5.73 Å². The van der Waals surface area contributed by atoms with E-state index in [0.29, 0.717) is 6.04 Å². The smallest absolute Gasteiger partial charge is 0.239 e. The van der Waals surface area contributed by atoms with Crippen molar-refractivity contribution in [2.45, 2.75) is 31.8 Å². The quantitative estimate of drug-likeness (QED) is 0.891. The van der Waals surface area contributed by atoms with Crippen LogP contribution in [0.2, 0.25) is 0 Å². The summed E-state index contributed by atoms with van der Waals surface area (Å²) in [6, 6.07) is -0.0103. The number of halogens is 2. The van der Waals surface area contributed by atoms with Crippen LogP contribution in [0.1, 0.15) is 25.8 Å². The van der Waals surface area contributed by atoms with Crippen molar-refractivity contribution in [3.05, 3.63) is 16.9 Å². The summed E-state index contributed by atoms with van der Waals surface area (Å²) in [7, 11) is 0. The monoisotopic (exact) mass is 336 g/mol. The van der Waals surface area contributed by atoms with Crippen LogP contribution in [0.3, 0.4) is 0 Å². The van der Waals surface area contributed by atoms with E-state index in [2.05, 4.69) is 21.0 Å². The first-order valence-electron chi connectivity index (χ1n) is 5.82. The molecule has 0 radical (unpaired) electrons. The van der Waals surface area contributed by atoms with Crippen LogP contribution in [0.4, 0.5) is 0 Å². The lowest BCUT2D eigenvalue weighted by atomic mass is 10.0. The summed E-state index contributed by atoms with van der Waals surface area (Å²) < 4.78 is 2.96. The average molecular weight is 338 g/mol. The molecule has 7 heteroatoms. The molecule has 18 heavy (non-hydrogen) atoms. The van der Waals surface area contributed by atoms with Gasteiger partial charge in [-0.05, 0) is 35.7 Å². The second kappa shape index (κ2) is 6.54. The van der Waals surface area contributed by atoms with Crippen LogP contribution in [0, 0.1) is 0 Å². The molecule has 1 aromatic rings. The van der Waals surface area contributed by atoms with Crippen LogP contribution in [0.15, 0.2) is 16.9 Å². The fourth-order valence-electron chi connectivity index (χ4n) is 2.15. The predicted molar refractivity (Wildman–Crippen MR) is 75.7 cm³/mol. The van der Waals surface area contributed by atoms with E-state index in [4.69, 9.17) is 5.73 Å². The molecule has 2 N–H and O–H groups in total. The molecule has 102 valence electrons. The number of nitrogens with zero attached hydrogens (tertiary/aromatic N) is 3. The van der Waals surface area contributed by atoms with E-state index in [1.165, 1.54) is 0 Å². The van der Waals surface area contributed by atoms with Crippen LogP contribution in [0.25, 0.3) is 0 Å². The zero-order chi connectivity index (χ0) is 12.4. The van der Waals surface area contributed by atoms with Gasteiger partial charge in [-0.25, -0.2) is 0 Å². The van der Waals surface area contributed by atoms with Gasteiger partial charge in [-0.3, -0.25) is 9.48 Å². The second-order valence-electron chi connectivity index (χ2n) is 4.48. The Kier molecular flexibility index (Phi) is 5.62. The maximum Gasteiger partial charge on any atom is 0.239 e. The van der Waals surface area contributed by atoms with E-state index in [0.717, 1.165) is 30.4 Å². The number of piperidine rings is 1. The molecule has 1 aliphatic heterocycles. The number of amides is 1. The molecule has 0 unspecified atom stereocenters. The lowest BCUT2D eigenvalue weighted by Gasteiger charge is -2.33. The summed E-state index contributed by atoms with van der Waals surface area (Å²) in [6.07, 6.45) is 5.65. The molecule has 0 bridgehead atoms. The van der Waals surface area contributed by atoms with Crippen molar-refractivity contribution in [1.29, 1.82) is 0 Å². The molecule has 1 aliphatic rings. The molecule has 5 nitrogen and oxygen atoms in total. The Balaban J connectivity index is 0.00000162. The third kappa shape index (κ3) is 3.46. The zero-order valence-electron chi connectivity index (χ0n) is 10.3. The number of likely N-dealkylation sites (tertiary alicyclic amines) is 1. The zero-order valence-corrected chi connectivity index (χ0v) is 12.7. The van der Waals surface area contributed by atoms with Crippen LogP contribution < -0.4 is 5.73 Å². The van der Waals surface area contributed by atoms with Gasteiger partial charge in [-0.1, -0.05) is 0 Å². The van der Waals surface area contributed by atoms with Gasteiger partial charge < -0.3 is 10.6 Å². The fraction of sp³-hybridized carbons (Fsp3) is 0.636. The number of nitrogens with two attached hydrogens (primary N) is 1. The third-order valence-electron chi connectivity index (χ3n) is 3.11. The van der Waals surface area contributed by atoms with Gasteiger partial charge in [0, 0.05) is 19.3 Å². The van der Waals surface area contributed by atoms with E-state index in [1.54, 1.807) is 13.1 Å². The molecule has 0 aromatic carbocycles. The number of aromatic nitrogens is 2. The second-order valence-corrected chi connectivity index (χ2v) is 5.40. The summed E-state index contributed by atoms with van der Waals surface area (Å²) >= 11 is 3.39. The standard InChI is InChI=1S/C11H17BrN4O.ClH/c1-8(13)11(17)15-4-2-10(3-5-15)16-7-9(12)6-14-16;/h6-8,10H,2-5,13H2,1H3;1H/t8-;/m0./s1. The maximum absolute atomic E-state index is 11.7. The van der Waals surface area contributed by atoms with E-state index >= 15 is 0 Å². The largest absolute Gasteiger partial charge is 0.341 e. The summed E-state index contributed by atoms with van der Waals surface area (Å²) in [5.74, 6) is 0.0464. The molecule has 2 rings (SSSR count). The van der Waals surface area contributed by atoms with Gasteiger partial charge in [-0.2, -0.15) is 5.10 Å². The average Bonchev–Trinajstić information content (AvgIpc) is 2.75. The number of carbonyl (C=O) groups excluding carboxylic acids is 1. The Bertz CT molecular complexity index is 402. The van der Waals surface area contributed by atoms with Crippen LogP contribution >= 0.6 is 28.3 Å². The van der Waals surface area contributed by atoms with Gasteiger partial charge in [0.05, 0.1) is 22.8 Å². The van der Waals surface area contributed by atoms with Gasteiger partial charge in [0.15, 0.2) is 0 Å². The van der Waals surface area contributed by atoms with E-state index in [9.17, 15) is 4.79 Å². The lowest BCUT2D eigenvalue weighted by molar-refractivity contribution is -0.133. The molecular formula is C11H18BrClN4O. The molecule has 0 aliphatic carbocycles. The predicted octanol–water partition coefficient (Wildman–Crippen LogP) is 1.58. The third-order valence-corrected chi connectivity index (χ3v) is 3.52. The van der Waals surface area contributed by atoms with E-state index < -0.39 is 6.04 Å². The SMILES string of the molecule is C[C@H](N)C(=O)N1CCC(n2cc(Br)cn2)CC1.Cl. The molecule has 1 saturated heterocycles. The number of hydrogen-bond acceptors (Lipinski definition) is 3. The minimum absolute atomic E-state index is 0. The Hall–Kier alpha value is -0.590. The highest BCUT2D eigenvalue weighted by atomic mass is 79.9. The van der Waals surface area contributed by atoms with Crippen LogP contribution in [-0.4, -0.2) is 39.7 Å². The molecule has 1 amide bonds. The van der Waals surface area contributed by atoms with Gasteiger partial charge in [0.2, 0.25) is 5.91 Å². The van der Waals surface area contributed by atoms with Gasteiger partial charge in [0.1, 0.15) is 0 Å². The summed E-state index contributed by atoms with van der Waals surface area (Å²) in [5, 5.41) is 4.29. The molecule has 0 spiro atoms. The topological polar surface area (TPSA) is 64.2 Å². The summed E-state index contributed by atoms with van der Waals surface area (Å²) in [6.45, 7) is 3.27. The van der Waals surface area contributed by atoms with E-state index in [-0.39, 0.29) is 18.3 Å². The lowest BCUT2D eigenvalue weighted by Crippen LogP contribution is -2.46. The normalized spacial score (nSPS) is 18.3. The highest BCUT2D eigenvalue weighted by Gasteiger charge is 2.25. The Labute approximate surface area is 121 Å². The van der Waals surface area contributed by atoms with Crippen LogP contribution in [-0.2, 0) is 4.79 Å². The minimum atomic E-state index is -0.398. The first-order valence-corrected chi connectivity index (χ1v) is 6.61. The van der Waals surface area contributed by atoms with Crippen LogP contribution in [0.5, 0.6) is 0 Å². The van der Waals surface area contributed by atoms with Crippen molar-refractivity contribution < 1.29 is 4.79 Å². The van der Waals surface area contributed by atoms with Crippen molar-refractivity contribution >= 4 is 34.2 Å². The van der Waals surface area contributed by atoms with Crippen molar-refractivity contribution in [1.82, 2.24) is 14.7 Å². The Morgan fingerprint density at radius 3 is 2.61 bits per heavy atom. The number of carbonyl (C=O) groups is 1. The minimum Gasteiger partial charge on any atom is -0.341 e. The Morgan fingerprint density at radius 2 is 2.17 bits per heavy atom.